The van der Waals surface area contributed by atoms with Gasteiger partial charge in [-0.2, -0.15) is 4.98 Å². The Morgan fingerprint density at radius 2 is 1.87 bits per heavy atom. The van der Waals surface area contributed by atoms with Crippen LogP contribution in [-0.4, -0.2) is 59.1 Å². The van der Waals surface area contributed by atoms with Crippen molar-refractivity contribution in [3.05, 3.63) is 65.3 Å². The largest absolute Gasteiger partial charge is 0.496 e. The van der Waals surface area contributed by atoms with Crippen molar-refractivity contribution in [2.75, 3.05) is 33.3 Å². The van der Waals surface area contributed by atoms with E-state index in [9.17, 15) is 9.18 Å². The molecule has 30 heavy (non-hydrogen) atoms. The fourth-order valence-corrected chi connectivity index (χ4v) is 3.46. The first-order valence-corrected chi connectivity index (χ1v) is 9.78. The first-order valence-electron chi connectivity index (χ1n) is 9.78. The van der Waals surface area contributed by atoms with Crippen LogP contribution in [0, 0.1) is 12.7 Å². The fraction of sp³-hybridized carbons (Fsp3) is 0.318. The van der Waals surface area contributed by atoms with Crippen molar-refractivity contribution in [2.45, 2.75) is 13.5 Å². The Morgan fingerprint density at radius 3 is 2.57 bits per heavy atom. The Labute approximate surface area is 174 Å². The third kappa shape index (κ3) is 4.33. The zero-order valence-electron chi connectivity index (χ0n) is 17.0. The molecule has 7 nitrogen and oxygen atoms in total. The molecule has 0 bridgehead atoms. The van der Waals surface area contributed by atoms with Crippen molar-refractivity contribution < 1.29 is 18.4 Å². The molecule has 1 aromatic heterocycles. The fourth-order valence-electron chi connectivity index (χ4n) is 3.46. The number of nitrogens with zero attached hydrogens (tertiary/aromatic N) is 4. The number of hydrogen-bond acceptors (Lipinski definition) is 6. The predicted molar refractivity (Wildman–Crippen MR) is 109 cm³/mol. The molecule has 4 rings (SSSR count). The molecular weight excluding hydrogens is 387 g/mol. The van der Waals surface area contributed by atoms with E-state index in [0.717, 1.165) is 5.56 Å². The number of piperazine rings is 1. The molecule has 0 spiro atoms. The van der Waals surface area contributed by atoms with E-state index in [1.165, 1.54) is 30.9 Å². The van der Waals surface area contributed by atoms with E-state index in [0.29, 0.717) is 50.2 Å². The topological polar surface area (TPSA) is 71.7 Å². The molecule has 3 aromatic rings. The molecular formula is C22H23FN4O3. The van der Waals surface area contributed by atoms with Crippen molar-refractivity contribution in [3.63, 3.8) is 0 Å². The average molecular weight is 410 g/mol. The molecule has 0 N–H and O–H groups in total. The third-order valence-corrected chi connectivity index (χ3v) is 5.19. The molecule has 1 amide bonds. The number of carbonyl (C=O) groups is 1. The van der Waals surface area contributed by atoms with Gasteiger partial charge in [0.15, 0.2) is 0 Å². The van der Waals surface area contributed by atoms with Gasteiger partial charge in [0.1, 0.15) is 11.6 Å². The highest BCUT2D eigenvalue weighted by molar-refractivity contribution is 5.97. The molecule has 0 radical (unpaired) electrons. The van der Waals surface area contributed by atoms with Gasteiger partial charge in [0.2, 0.25) is 11.7 Å². The molecule has 2 aromatic carbocycles. The summed E-state index contributed by atoms with van der Waals surface area (Å²) in [6.45, 7) is 4.91. The maximum atomic E-state index is 13.6. The number of carbonyl (C=O) groups excluding carboxylic acids is 1. The second-order valence-corrected chi connectivity index (χ2v) is 7.29. The van der Waals surface area contributed by atoms with Gasteiger partial charge in [-0.05, 0) is 25.1 Å². The van der Waals surface area contributed by atoms with Crippen molar-refractivity contribution in [3.8, 4) is 17.1 Å². The standard InChI is InChI=1S/C22H23FN4O3/c1-15-3-5-16(6-4-15)21-24-20(30-25-21)14-26-9-11-27(12-10-26)22(28)18-13-17(23)7-8-19(18)29-2/h3-8,13H,9-12,14H2,1-2H3. The number of hydrogen-bond donors (Lipinski definition) is 0. The lowest BCUT2D eigenvalue weighted by Crippen LogP contribution is -2.48. The van der Waals surface area contributed by atoms with Crippen molar-refractivity contribution >= 4 is 5.91 Å². The average Bonchev–Trinajstić information content (AvgIpc) is 3.22. The van der Waals surface area contributed by atoms with Crippen LogP contribution in [0.25, 0.3) is 11.4 Å². The van der Waals surface area contributed by atoms with Crippen LogP contribution >= 0.6 is 0 Å². The van der Waals surface area contributed by atoms with Crippen LogP contribution in [0.15, 0.2) is 47.0 Å². The Morgan fingerprint density at radius 1 is 1.13 bits per heavy atom. The van der Waals surface area contributed by atoms with Gasteiger partial charge in [0, 0.05) is 31.7 Å². The highest BCUT2D eigenvalue weighted by Crippen LogP contribution is 2.22. The van der Waals surface area contributed by atoms with Crippen LogP contribution in [0.4, 0.5) is 4.39 Å². The van der Waals surface area contributed by atoms with Crippen LogP contribution < -0.4 is 4.74 Å². The van der Waals surface area contributed by atoms with Crippen molar-refractivity contribution in [1.82, 2.24) is 19.9 Å². The summed E-state index contributed by atoms with van der Waals surface area (Å²) < 4.78 is 24.2. The molecule has 0 aliphatic carbocycles. The van der Waals surface area contributed by atoms with Gasteiger partial charge in [-0.3, -0.25) is 9.69 Å². The summed E-state index contributed by atoms with van der Waals surface area (Å²) in [6.07, 6.45) is 0. The van der Waals surface area contributed by atoms with Crippen molar-refractivity contribution in [1.29, 1.82) is 0 Å². The molecule has 2 heterocycles. The molecule has 1 aliphatic heterocycles. The van der Waals surface area contributed by atoms with Crippen LogP contribution in [0.3, 0.4) is 0 Å². The minimum absolute atomic E-state index is 0.231. The molecule has 8 heteroatoms. The van der Waals surface area contributed by atoms with E-state index < -0.39 is 5.82 Å². The smallest absolute Gasteiger partial charge is 0.257 e. The Hall–Kier alpha value is -3.26. The highest BCUT2D eigenvalue weighted by atomic mass is 19.1. The van der Waals surface area contributed by atoms with Crippen LogP contribution in [0.2, 0.25) is 0 Å². The van der Waals surface area contributed by atoms with Crippen molar-refractivity contribution in [2.24, 2.45) is 0 Å². The maximum absolute atomic E-state index is 13.6. The summed E-state index contributed by atoms with van der Waals surface area (Å²) >= 11 is 0. The Kier molecular flexibility index (Phi) is 5.76. The van der Waals surface area contributed by atoms with E-state index in [1.807, 2.05) is 31.2 Å². The molecule has 156 valence electrons. The minimum Gasteiger partial charge on any atom is -0.496 e. The molecule has 0 atom stereocenters. The first-order chi connectivity index (χ1) is 14.5. The normalized spacial score (nSPS) is 14.7. The predicted octanol–water partition coefficient (Wildman–Crippen LogP) is 3.15. The number of halogens is 1. The minimum atomic E-state index is -0.460. The van der Waals surface area contributed by atoms with Gasteiger partial charge in [-0.1, -0.05) is 35.0 Å². The number of rotatable bonds is 5. The van der Waals surface area contributed by atoms with E-state index in [1.54, 1.807) is 4.90 Å². The number of aryl methyl sites for hydroxylation is 1. The van der Waals surface area contributed by atoms with Gasteiger partial charge in [-0.25, -0.2) is 4.39 Å². The molecule has 0 saturated carbocycles. The molecule has 1 saturated heterocycles. The maximum Gasteiger partial charge on any atom is 0.257 e. The third-order valence-electron chi connectivity index (χ3n) is 5.19. The van der Waals surface area contributed by atoms with E-state index in [-0.39, 0.29) is 11.5 Å². The van der Waals surface area contributed by atoms with Gasteiger partial charge in [0.05, 0.1) is 19.2 Å². The Bertz CT molecular complexity index is 1030. The lowest BCUT2D eigenvalue weighted by molar-refractivity contribution is 0.0611. The van der Waals surface area contributed by atoms with Gasteiger partial charge in [-0.15, -0.1) is 0 Å². The summed E-state index contributed by atoms with van der Waals surface area (Å²) in [5, 5.41) is 4.07. The Balaban J connectivity index is 1.36. The van der Waals surface area contributed by atoms with Crippen LogP contribution in [-0.2, 0) is 6.54 Å². The summed E-state index contributed by atoms with van der Waals surface area (Å²) in [4.78, 5) is 21.1. The lowest BCUT2D eigenvalue weighted by atomic mass is 10.1. The monoisotopic (exact) mass is 410 g/mol. The van der Waals surface area contributed by atoms with Crippen LogP contribution in [0.5, 0.6) is 5.75 Å². The number of aromatic nitrogens is 2. The number of ether oxygens (including phenoxy) is 1. The first kappa shape index (κ1) is 20.0. The zero-order valence-corrected chi connectivity index (χ0v) is 17.0. The number of amides is 1. The van der Waals surface area contributed by atoms with Gasteiger partial charge in [0.25, 0.3) is 5.91 Å². The summed E-state index contributed by atoms with van der Waals surface area (Å²) in [5.74, 6) is 0.788. The van der Waals surface area contributed by atoms with E-state index >= 15 is 0 Å². The van der Waals surface area contributed by atoms with Gasteiger partial charge >= 0.3 is 0 Å². The summed E-state index contributed by atoms with van der Waals surface area (Å²) in [6, 6.07) is 11.9. The quantitative estimate of drug-likeness (QED) is 0.644. The highest BCUT2D eigenvalue weighted by Gasteiger charge is 2.25. The SMILES string of the molecule is COc1ccc(F)cc1C(=O)N1CCN(Cc2nc(-c3ccc(C)cc3)no2)CC1. The van der Waals surface area contributed by atoms with Crippen LogP contribution in [0.1, 0.15) is 21.8 Å². The second kappa shape index (κ2) is 8.62. The van der Waals surface area contributed by atoms with Gasteiger partial charge < -0.3 is 14.2 Å². The molecule has 1 aliphatic rings. The zero-order chi connectivity index (χ0) is 21.1. The molecule has 0 unspecified atom stereocenters. The second-order valence-electron chi connectivity index (χ2n) is 7.29. The summed E-state index contributed by atoms with van der Waals surface area (Å²) in [5.41, 5.74) is 2.33. The molecule has 1 fully saturated rings. The number of benzene rings is 2. The lowest BCUT2D eigenvalue weighted by Gasteiger charge is -2.34. The van der Waals surface area contributed by atoms with E-state index in [4.69, 9.17) is 9.26 Å². The van der Waals surface area contributed by atoms with E-state index in [2.05, 4.69) is 15.0 Å². The summed E-state index contributed by atoms with van der Waals surface area (Å²) in [7, 11) is 1.47. The number of methoxy groups -OCH3 is 1.